The van der Waals surface area contributed by atoms with Crippen molar-refractivity contribution in [3.63, 3.8) is 0 Å². The molecule has 3 rings (SSSR count). The number of hydrogen-bond acceptors (Lipinski definition) is 3. The molecule has 0 spiro atoms. The van der Waals surface area contributed by atoms with Gasteiger partial charge in [-0.25, -0.2) is 0 Å². The average molecular weight is 373 g/mol. The summed E-state index contributed by atoms with van der Waals surface area (Å²) in [5, 5.41) is 2.92. The summed E-state index contributed by atoms with van der Waals surface area (Å²) in [6, 6.07) is 25.1. The second-order valence-corrected chi connectivity index (χ2v) is 6.59. The normalized spacial score (nSPS) is 10.3. The van der Waals surface area contributed by atoms with Crippen LogP contribution in [0.5, 0.6) is 5.75 Å². The summed E-state index contributed by atoms with van der Waals surface area (Å²) in [5.41, 5.74) is 3.83. The zero-order valence-corrected chi connectivity index (χ0v) is 15.9. The monoisotopic (exact) mass is 373 g/mol. The van der Waals surface area contributed by atoms with Gasteiger partial charge in [-0.05, 0) is 42.7 Å². The van der Waals surface area contributed by atoms with Gasteiger partial charge in [0.05, 0.1) is 0 Å². The van der Waals surface area contributed by atoms with Gasteiger partial charge in [-0.15, -0.1) is 0 Å². The predicted octanol–water partition coefficient (Wildman–Crippen LogP) is 4.89. The number of ketones is 1. The van der Waals surface area contributed by atoms with Gasteiger partial charge in [0, 0.05) is 17.7 Å². The molecule has 1 N–H and O–H groups in total. The third kappa shape index (κ3) is 5.55. The lowest BCUT2D eigenvalue weighted by atomic mass is 10.0. The molecule has 1 amide bonds. The first-order valence-electron chi connectivity index (χ1n) is 9.27. The topological polar surface area (TPSA) is 55.4 Å². The number of Topliss-reactive ketones (excluding diaryl/α,β-unsaturated/α-hetero) is 1. The van der Waals surface area contributed by atoms with E-state index in [2.05, 4.69) is 5.32 Å². The Morgan fingerprint density at radius 3 is 2.25 bits per heavy atom. The van der Waals surface area contributed by atoms with E-state index < -0.39 is 0 Å². The molecule has 4 heteroatoms. The fourth-order valence-electron chi connectivity index (χ4n) is 2.87. The molecule has 0 bridgehead atoms. The highest BCUT2D eigenvalue weighted by atomic mass is 16.5. The molecule has 142 valence electrons. The average Bonchev–Trinajstić information content (AvgIpc) is 2.72. The number of para-hydroxylation sites is 1. The van der Waals surface area contributed by atoms with Crippen molar-refractivity contribution in [2.45, 2.75) is 19.8 Å². The summed E-state index contributed by atoms with van der Waals surface area (Å²) in [5.74, 6) is 0.579. The minimum atomic E-state index is -0.218. The zero-order valence-electron chi connectivity index (χ0n) is 15.9. The van der Waals surface area contributed by atoms with E-state index in [1.807, 2.05) is 78.9 Å². The molecule has 0 aliphatic carbocycles. The van der Waals surface area contributed by atoms with Gasteiger partial charge in [-0.3, -0.25) is 4.79 Å². The van der Waals surface area contributed by atoms with E-state index in [1.54, 1.807) is 6.92 Å². The Morgan fingerprint density at radius 1 is 0.857 bits per heavy atom. The van der Waals surface area contributed by atoms with Crippen LogP contribution in [-0.4, -0.2) is 18.3 Å². The molecule has 0 heterocycles. The predicted molar refractivity (Wildman–Crippen MR) is 111 cm³/mol. The first-order chi connectivity index (χ1) is 13.6. The minimum absolute atomic E-state index is 0.0735. The van der Waals surface area contributed by atoms with Crippen molar-refractivity contribution in [2.75, 3.05) is 11.9 Å². The van der Waals surface area contributed by atoms with Gasteiger partial charge in [0.15, 0.2) is 6.61 Å². The summed E-state index contributed by atoms with van der Waals surface area (Å²) in [6.07, 6.45) is 1.25. The fourth-order valence-corrected chi connectivity index (χ4v) is 2.87. The highest BCUT2D eigenvalue weighted by molar-refractivity contribution is 5.96. The summed E-state index contributed by atoms with van der Waals surface area (Å²) in [4.78, 5) is 23.4. The molecule has 0 aromatic heterocycles. The third-order valence-corrected chi connectivity index (χ3v) is 4.34. The van der Waals surface area contributed by atoms with Gasteiger partial charge in [-0.1, -0.05) is 60.7 Å². The lowest BCUT2D eigenvalue weighted by Crippen LogP contribution is -2.20. The number of aryl methyl sites for hydroxylation is 1. The fraction of sp³-hybridized carbons (Fsp3) is 0.167. The van der Waals surface area contributed by atoms with E-state index in [0.29, 0.717) is 18.6 Å². The molecule has 0 saturated carbocycles. The van der Waals surface area contributed by atoms with Crippen molar-refractivity contribution >= 4 is 17.4 Å². The van der Waals surface area contributed by atoms with Crippen molar-refractivity contribution in [3.8, 4) is 16.9 Å². The molecule has 3 aromatic rings. The second-order valence-electron chi connectivity index (χ2n) is 6.59. The van der Waals surface area contributed by atoms with E-state index in [0.717, 1.165) is 22.4 Å². The van der Waals surface area contributed by atoms with Gasteiger partial charge in [0.1, 0.15) is 11.5 Å². The van der Waals surface area contributed by atoms with Crippen molar-refractivity contribution in [1.29, 1.82) is 0 Å². The van der Waals surface area contributed by atoms with Crippen molar-refractivity contribution in [2.24, 2.45) is 0 Å². The molecule has 0 aliphatic rings. The van der Waals surface area contributed by atoms with Crippen LogP contribution in [0.2, 0.25) is 0 Å². The number of ether oxygens (including phenoxy) is 1. The van der Waals surface area contributed by atoms with E-state index in [4.69, 9.17) is 4.74 Å². The van der Waals surface area contributed by atoms with Gasteiger partial charge in [-0.2, -0.15) is 0 Å². The summed E-state index contributed by atoms with van der Waals surface area (Å²) >= 11 is 0. The van der Waals surface area contributed by atoms with Gasteiger partial charge in [0.25, 0.3) is 5.91 Å². The molecule has 28 heavy (non-hydrogen) atoms. The Balaban J connectivity index is 1.57. The number of benzene rings is 3. The molecule has 0 atom stereocenters. The van der Waals surface area contributed by atoms with Gasteiger partial charge < -0.3 is 14.8 Å². The van der Waals surface area contributed by atoms with Crippen LogP contribution >= 0.6 is 0 Å². The summed E-state index contributed by atoms with van der Waals surface area (Å²) in [7, 11) is 0. The van der Waals surface area contributed by atoms with Crippen molar-refractivity contribution in [3.05, 3.63) is 84.4 Å². The molecular weight excluding hydrogens is 350 g/mol. The van der Waals surface area contributed by atoms with Crippen LogP contribution in [0.3, 0.4) is 0 Å². The molecule has 0 aliphatic heterocycles. The highest BCUT2D eigenvalue weighted by Crippen LogP contribution is 2.27. The van der Waals surface area contributed by atoms with Crippen molar-refractivity contribution in [1.82, 2.24) is 0 Å². The molecule has 0 radical (unpaired) electrons. The second kappa shape index (κ2) is 9.51. The number of carbonyl (C=O) groups is 2. The van der Waals surface area contributed by atoms with E-state index in [1.165, 1.54) is 0 Å². The number of rotatable bonds is 8. The van der Waals surface area contributed by atoms with Crippen LogP contribution in [0.25, 0.3) is 11.1 Å². The van der Waals surface area contributed by atoms with Crippen molar-refractivity contribution < 1.29 is 14.3 Å². The molecule has 3 aromatic carbocycles. The maximum atomic E-state index is 12.3. The van der Waals surface area contributed by atoms with E-state index in [9.17, 15) is 9.59 Å². The van der Waals surface area contributed by atoms with Crippen LogP contribution < -0.4 is 10.1 Å². The molecule has 0 saturated heterocycles. The van der Waals surface area contributed by atoms with Crippen LogP contribution in [-0.2, 0) is 16.0 Å². The zero-order chi connectivity index (χ0) is 19.8. The molecular formula is C24H23NO3. The first kappa shape index (κ1) is 19.4. The van der Waals surface area contributed by atoms with E-state index >= 15 is 0 Å². The third-order valence-electron chi connectivity index (χ3n) is 4.34. The SMILES string of the molecule is CC(=O)CCc1ccc(OCC(=O)Nc2ccccc2-c2ccccc2)cc1. The molecule has 0 fully saturated rings. The number of amides is 1. The van der Waals surface area contributed by atoms with Crippen LogP contribution in [0.1, 0.15) is 18.9 Å². The standard InChI is InChI=1S/C24H23NO3/c1-18(26)11-12-19-13-15-21(16-14-19)28-17-24(27)25-23-10-6-5-9-22(23)20-7-3-2-4-8-20/h2-10,13-16H,11-12,17H2,1H3,(H,25,27). The van der Waals surface area contributed by atoms with Crippen LogP contribution in [0.15, 0.2) is 78.9 Å². The summed E-state index contributed by atoms with van der Waals surface area (Å²) < 4.78 is 5.59. The largest absolute Gasteiger partial charge is 0.484 e. The maximum absolute atomic E-state index is 12.3. The lowest BCUT2D eigenvalue weighted by Gasteiger charge is -2.12. The number of nitrogens with one attached hydrogen (secondary N) is 1. The highest BCUT2D eigenvalue weighted by Gasteiger charge is 2.09. The number of anilines is 1. The smallest absolute Gasteiger partial charge is 0.262 e. The Kier molecular flexibility index (Phi) is 6.58. The van der Waals surface area contributed by atoms with Crippen LogP contribution in [0, 0.1) is 0 Å². The number of carbonyl (C=O) groups excluding carboxylic acids is 2. The Hall–Kier alpha value is -3.40. The Morgan fingerprint density at radius 2 is 1.54 bits per heavy atom. The first-order valence-corrected chi connectivity index (χ1v) is 9.27. The molecule has 4 nitrogen and oxygen atoms in total. The maximum Gasteiger partial charge on any atom is 0.262 e. The Bertz CT molecular complexity index is 934. The quantitative estimate of drug-likeness (QED) is 0.611. The summed E-state index contributed by atoms with van der Waals surface area (Å²) in [6.45, 7) is 1.52. The van der Waals surface area contributed by atoms with Gasteiger partial charge in [0.2, 0.25) is 0 Å². The van der Waals surface area contributed by atoms with Crippen LogP contribution in [0.4, 0.5) is 5.69 Å². The minimum Gasteiger partial charge on any atom is -0.484 e. The lowest BCUT2D eigenvalue weighted by molar-refractivity contribution is -0.118. The Labute approximate surface area is 165 Å². The van der Waals surface area contributed by atoms with E-state index in [-0.39, 0.29) is 18.3 Å². The molecule has 0 unspecified atom stereocenters. The van der Waals surface area contributed by atoms with Gasteiger partial charge >= 0.3 is 0 Å². The number of hydrogen-bond donors (Lipinski definition) is 1.